The lowest BCUT2D eigenvalue weighted by Crippen LogP contribution is -2.47. The second kappa shape index (κ2) is 16.0. The molecule has 2 N–H and O–H groups in total. The highest BCUT2D eigenvalue weighted by atomic mass is 32.2. The van der Waals surface area contributed by atoms with Gasteiger partial charge in [-0.3, -0.25) is 14.4 Å². The summed E-state index contributed by atoms with van der Waals surface area (Å²) in [6.07, 6.45) is 5.72. The standard InChI is InChI=1S/C40H43N3O8S2/c1-4-43(40(23-24-40)39(47)51-5-2)53(48,49)31-10-8-9-29(25-31)35(44)42-37-34(32-11-6-7-12-33(32)52-37)36(45)41-30-21-17-27(18-22-30)14-13-26-15-19-28(20-16-26)38(46)50-3/h8-10,15-22,25H,4-7,11-14,23-24H2,1-3H3,(H,41,45)(H,42,44). The molecule has 0 bridgehead atoms. The quantitative estimate of drug-likeness (QED) is 0.133. The number of esters is 2. The first-order valence-electron chi connectivity index (χ1n) is 17.8. The zero-order valence-electron chi connectivity index (χ0n) is 30.0. The molecule has 2 amide bonds. The molecule has 11 nitrogen and oxygen atoms in total. The zero-order chi connectivity index (χ0) is 37.8. The molecule has 278 valence electrons. The van der Waals surface area contributed by atoms with E-state index in [0.717, 1.165) is 53.7 Å². The van der Waals surface area contributed by atoms with Gasteiger partial charge in [0, 0.05) is 22.7 Å². The van der Waals surface area contributed by atoms with Crippen LogP contribution in [0.1, 0.15) is 92.2 Å². The number of ether oxygens (including phenoxy) is 2. The van der Waals surface area contributed by atoms with Crippen LogP contribution in [0.15, 0.2) is 77.7 Å². The van der Waals surface area contributed by atoms with Gasteiger partial charge in [0.15, 0.2) is 0 Å². The number of methoxy groups -OCH3 is 1. The first kappa shape index (κ1) is 37.9. The molecular weight excluding hydrogens is 715 g/mol. The van der Waals surface area contributed by atoms with Crippen molar-refractivity contribution in [3.05, 3.63) is 111 Å². The van der Waals surface area contributed by atoms with Gasteiger partial charge in [-0.2, -0.15) is 4.31 Å². The van der Waals surface area contributed by atoms with Gasteiger partial charge in [0.1, 0.15) is 10.5 Å². The molecule has 0 unspecified atom stereocenters. The largest absolute Gasteiger partial charge is 0.465 e. The van der Waals surface area contributed by atoms with E-state index in [1.807, 2.05) is 36.4 Å². The Balaban J connectivity index is 1.16. The summed E-state index contributed by atoms with van der Waals surface area (Å²) in [6, 6.07) is 20.7. The molecule has 2 aliphatic carbocycles. The van der Waals surface area contributed by atoms with Crippen LogP contribution < -0.4 is 10.6 Å². The Morgan fingerprint density at radius 3 is 2.11 bits per heavy atom. The molecular formula is C40H43N3O8S2. The Morgan fingerprint density at radius 2 is 1.49 bits per heavy atom. The number of fused-ring (bicyclic) bond motifs is 1. The van der Waals surface area contributed by atoms with Crippen LogP contribution in [0.4, 0.5) is 10.7 Å². The molecule has 4 aromatic rings. The van der Waals surface area contributed by atoms with Gasteiger partial charge in [-0.1, -0.05) is 37.3 Å². The summed E-state index contributed by atoms with van der Waals surface area (Å²) >= 11 is 1.38. The summed E-state index contributed by atoms with van der Waals surface area (Å²) in [4.78, 5) is 53.0. The van der Waals surface area contributed by atoms with Gasteiger partial charge in [0.2, 0.25) is 10.0 Å². The number of thiophene rings is 1. The number of hydrogen-bond acceptors (Lipinski definition) is 9. The molecule has 6 rings (SSSR count). The second-order valence-corrected chi connectivity index (χ2v) is 16.1. The van der Waals surface area contributed by atoms with Crippen LogP contribution in [0, 0.1) is 0 Å². The smallest absolute Gasteiger partial charge is 0.337 e. The van der Waals surface area contributed by atoms with Crippen molar-refractivity contribution in [2.24, 2.45) is 0 Å². The number of rotatable bonds is 14. The van der Waals surface area contributed by atoms with Gasteiger partial charge >= 0.3 is 11.9 Å². The van der Waals surface area contributed by atoms with Gasteiger partial charge in [-0.25, -0.2) is 13.2 Å². The zero-order valence-corrected chi connectivity index (χ0v) is 31.7. The van der Waals surface area contributed by atoms with E-state index in [9.17, 15) is 27.6 Å². The molecule has 1 fully saturated rings. The summed E-state index contributed by atoms with van der Waals surface area (Å²) < 4.78 is 38.8. The number of sulfonamides is 1. The number of carbonyl (C=O) groups is 4. The number of amides is 2. The lowest BCUT2D eigenvalue weighted by molar-refractivity contribution is -0.149. The molecule has 13 heteroatoms. The fourth-order valence-electron chi connectivity index (χ4n) is 6.80. The highest BCUT2D eigenvalue weighted by molar-refractivity contribution is 7.89. The predicted octanol–water partition coefficient (Wildman–Crippen LogP) is 6.81. The minimum Gasteiger partial charge on any atom is -0.465 e. The van der Waals surface area contributed by atoms with Crippen LogP contribution in [0.25, 0.3) is 0 Å². The van der Waals surface area contributed by atoms with Crippen LogP contribution in [-0.2, 0) is 50.0 Å². The number of hydrogen-bond donors (Lipinski definition) is 2. The van der Waals surface area contributed by atoms with E-state index in [-0.39, 0.29) is 35.5 Å². The van der Waals surface area contributed by atoms with Gasteiger partial charge in [0.05, 0.1) is 29.7 Å². The Hall–Kier alpha value is -4.85. The lowest BCUT2D eigenvalue weighted by atomic mass is 9.95. The number of aryl methyl sites for hydroxylation is 3. The predicted molar refractivity (Wildman–Crippen MR) is 203 cm³/mol. The highest BCUT2D eigenvalue weighted by Crippen LogP contribution is 2.46. The summed E-state index contributed by atoms with van der Waals surface area (Å²) in [6.45, 7) is 3.56. The average Bonchev–Trinajstić information content (AvgIpc) is 3.88. The van der Waals surface area contributed by atoms with E-state index in [1.54, 1.807) is 26.0 Å². The molecule has 0 saturated heterocycles. The van der Waals surface area contributed by atoms with Crippen LogP contribution >= 0.6 is 11.3 Å². The average molecular weight is 758 g/mol. The first-order valence-corrected chi connectivity index (χ1v) is 20.1. The van der Waals surface area contributed by atoms with Crippen molar-refractivity contribution in [2.75, 3.05) is 30.9 Å². The maximum Gasteiger partial charge on any atom is 0.337 e. The fourth-order valence-corrected chi connectivity index (χ4v) is 9.92. The van der Waals surface area contributed by atoms with E-state index in [1.165, 1.54) is 47.0 Å². The highest BCUT2D eigenvalue weighted by Gasteiger charge is 2.59. The number of likely N-dealkylation sites (N-methyl/N-ethyl adjacent to an activating group) is 1. The van der Waals surface area contributed by atoms with Crippen molar-refractivity contribution in [3.63, 3.8) is 0 Å². The number of benzene rings is 3. The van der Waals surface area contributed by atoms with Crippen LogP contribution in [0.3, 0.4) is 0 Å². The monoisotopic (exact) mass is 757 g/mol. The first-order chi connectivity index (χ1) is 25.5. The summed E-state index contributed by atoms with van der Waals surface area (Å²) in [5.41, 5.74) is 3.51. The summed E-state index contributed by atoms with van der Waals surface area (Å²) in [5.74, 6) is -1.82. The maximum absolute atomic E-state index is 13.9. The van der Waals surface area contributed by atoms with Gasteiger partial charge in [-0.05, 0) is 117 Å². The SMILES string of the molecule is CCOC(=O)C1(N(CC)S(=O)(=O)c2cccc(C(=O)Nc3sc4c(c3C(=O)Nc3ccc(CCc5ccc(C(=O)OC)cc5)cc3)CCCC4)c2)CC1. The van der Waals surface area contributed by atoms with E-state index >= 15 is 0 Å². The third-order valence-corrected chi connectivity index (χ3v) is 13.0. The van der Waals surface area contributed by atoms with E-state index in [2.05, 4.69) is 10.6 Å². The number of anilines is 2. The van der Waals surface area contributed by atoms with E-state index < -0.39 is 27.4 Å². The van der Waals surface area contributed by atoms with Gasteiger partial charge in [0.25, 0.3) is 11.8 Å². The lowest BCUT2D eigenvalue weighted by Gasteiger charge is -2.28. The van der Waals surface area contributed by atoms with Crippen molar-refractivity contribution in [1.29, 1.82) is 0 Å². The number of carbonyl (C=O) groups excluding carboxylic acids is 4. The van der Waals surface area contributed by atoms with Crippen LogP contribution in [-0.4, -0.2) is 62.3 Å². The summed E-state index contributed by atoms with van der Waals surface area (Å²) in [7, 11) is -2.79. The third-order valence-electron chi connectivity index (χ3n) is 9.74. The van der Waals surface area contributed by atoms with Gasteiger partial charge in [-0.15, -0.1) is 11.3 Å². The maximum atomic E-state index is 13.9. The van der Waals surface area contributed by atoms with Crippen molar-refractivity contribution in [2.45, 2.75) is 75.6 Å². The van der Waals surface area contributed by atoms with Crippen molar-refractivity contribution >= 4 is 55.8 Å². The Bertz CT molecular complexity index is 2120. The van der Waals surface area contributed by atoms with Crippen LogP contribution in [0.2, 0.25) is 0 Å². The van der Waals surface area contributed by atoms with Crippen molar-refractivity contribution in [3.8, 4) is 0 Å². The molecule has 3 aromatic carbocycles. The third kappa shape index (κ3) is 8.07. The molecule has 53 heavy (non-hydrogen) atoms. The molecule has 0 aliphatic heterocycles. The van der Waals surface area contributed by atoms with E-state index in [0.29, 0.717) is 41.1 Å². The fraction of sp³-hybridized carbons (Fsp3) is 0.350. The van der Waals surface area contributed by atoms with E-state index in [4.69, 9.17) is 9.47 Å². The molecule has 0 spiro atoms. The second-order valence-electron chi connectivity index (χ2n) is 13.2. The molecule has 0 atom stereocenters. The van der Waals surface area contributed by atoms with Gasteiger partial charge < -0.3 is 20.1 Å². The molecule has 1 heterocycles. The molecule has 1 saturated carbocycles. The Kier molecular flexibility index (Phi) is 11.5. The number of nitrogens with one attached hydrogen (secondary N) is 2. The Morgan fingerprint density at radius 1 is 0.830 bits per heavy atom. The Labute approximate surface area is 313 Å². The topological polar surface area (TPSA) is 148 Å². The molecule has 0 radical (unpaired) electrons. The van der Waals surface area contributed by atoms with Crippen LogP contribution in [0.5, 0.6) is 0 Å². The van der Waals surface area contributed by atoms with Crippen molar-refractivity contribution in [1.82, 2.24) is 4.31 Å². The minimum atomic E-state index is -4.15. The molecule has 2 aliphatic rings. The van der Waals surface area contributed by atoms with Crippen molar-refractivity contribution < 1.29 is 37.1 Å². The summed E-state index contributed by atoms with van der Waals surface area (Å²) in [5, 5.41) is 6.34. The number of nitrogens with zero attached hydrogens (tertiary/aromatic N) is 1. The minimum absolute atomic E-state index is 0.0631. The molecule has 1 aromatic heterocycles. The normalized spacial score (nSPS) is 14.6.